The molecule has 0 aliphatic heterocycles. The third-order valence-electron chi connectivity index (χ3n) is 3.03. The van der Waals surface area contributed by atoms with Crippen LogP contribution in [0.15, 0.2) is 30.4 Å². The summed E-state index contributed by atoms with van der Waals surface area (Å²) in [6, 6.07) is 6.38. The van der Waals surface area contributed by atoms with Crippen molar-refractivity contribution >= 4 is 11.6 Å². The standard InChI is InChI=1S/C14H20ClN/c1-5-10(2)9-14(16-4)12-7-6-8-13(15)11(12)3/h6-8,14,16H,2,5,9H2,1,3-4H3. The molecule has 2 heteroatoms. The summed E-state index contributed by atoms with van der Waals surface area (Å²) in [7, 11) is 1.98. The molecule has 16 heavy (non-hydrogen) atoms. The summed E-state index contributed by atoms with van der Waals surface area (Å²) in [6.45, 7) is 8.27. The monoisotopic (exact) mass is 237 g/mol. The van der Waals surface area contributed by atoms with Gasteiger partial charge in [-0.2, -0.15) is 0 Å². The first kappa shape index (κ1) is 13.3. The maximum absolute atomic E-state index is 6.14. The summed E-state index contributed by atoms with van der Waals surface area (Å²) >= 11 is 6.14. The van der Waals surface area contributed by atoms with Gasteiger partial charge in [-0.3, -0.25) is 0 Å². The van der Waals surface area contributed by atoms with Crippen molar-refractivity contribution < 1.29 is 0 Å². The summed E-state index contributed by atoms with van der Waals surface area (Å²) < 4.78 is 0. The van der Waals surface area contributed by atoms with Crippen LogP contribution in [0.1, 0.15) is 36.9 Å². The van der Waals surface area contributed by atoms with Gasteiger partial charge in [0.05, 0.1) is 0 Å². The van der Waals surface area contributed by atoms with Crippen molar-refractivity contribution in [3.63, 3.8) is 0 Å². The van der Waals surface area contributed by atoms with Crippen LogP contribution >= 0.6 is 11.6 Å². The van der Waals surface area contributed by atoms with Crippen LogP contribution in [0.2, 0.25) is 5.02 Å². The van der Waals surface area contributed by atoms with Crippen LogP contribution in [0.5, 0.6) is 0 Å². The van der Waals surface area contributed by atoms with Crippen molar-refractivity contribution in [3.8, 4) is 0 Å². The predicted octanol–water partition coefficient (Wildman–Crippen LogP) is 4.27. The maximum Gasteiger partial charge on any atom is 0.0438 e. The molecule has 0 aliphatic rings. The van der Waals surface area contributed by atoms with Crippen molar-refractivity contribution in [1.82, 2.24) is 5.32 Å². The van der Waals surface area contributed by atoms with E-state index in [4.69, 9.17) is 11.6 Å². The van der Waals surface area contributed by atoms with Crippen molar-refractivity contribution in [1.29, 1.82) is 0 Å². The highest BCUT2D eigenvalue weighted by Gasteiger charge is 2.13. The fourth-order valence-electron chi connectivity index (χ4n) is 1.80. The molecule has 0 aliphatic carbocycles. The zero-order valence-corrected chi connectivity index (χ0v) is 11.1. The number of nitrogens with one attached hydrogen (secondary N) is 1. The van der Waals surface area contributed by atoms with Crippen molar-refractivity contribution in [2.75, 3.05) is 7.05 Å². The van der Waals surface area contributed by atoms with Gasteiger partial charge in [-0.1, -0.05) is 42.8 Å². The minimum absolute atomic E-state index is 0.311. The Hall–Kier alpha value is -0.790. The smallest absolute Gasteiger partial charge is 0.0438 e. The van der Waals surface area contributed by atoms with Gasteiger partial charge in [0, 0.05) is 11.1 Å². The largest absolute Gasteiger partial charge is 0.313 e. The molecule has 1 atom stereocenters. The predicted molar refractivity (Wildman–Crippen MR) is 72.0 cm³/mol. The van der Waals surface area contributed by atoms with E-state index in [1.807, 2.05) is 19.2 Å². The van der Waals surface area contributed by atoms with E-state index < -0.39 is 0 Å². The van der Waals surface area contributed by atoms with Gasteiger partial charge in [0.15, 0.2) is 0 Å². The second kappa shape index (κ2) is 6.07. The van der Waals surface area contributed by atoms with E-state index in [2.05, 4.69) is 31.8 Å². The Labute approximate surface area is 104 Å². The molecule has 1 rings (SSSR count). The van der Waals surface area contributed by atoms with E-state index in [0.29, 0.717) is 6.04 Å². The Kier molecular flexibility index (Phi) is 5.04. The first-order valence-electron chi connectivity index (χ1n) is 5.69. The van der Waals surface area contributed by atoms with Crippen molar-refractivity contribution in [2.45, 2.75) is 32.7 Å². The minimum atomic E-state index is 0.311. The second-order valence-electron chi connectivity index (χ2n) is 4.10. The zero-order chi connectivity index (χ0) is 12.1. The molecular weight excluding hydrogens is 218 g/mol. The molecule has 88 valence electrons. The van der Waals surface area contributed by atoms with Crippen LogP contribution < -0.4 is 5.32 Å². The van der Waals surface area contributed by atoms with E-state index in [1.54, 1.807) is 0 Å². The van der Waals surface area contributed by atoms with Gasteiger partial charge >= 0.3 is 0 Å². The minimum Gasteiger partial charge on any atom is -0.313 e. The molecule has 0 amide bonds. The molecule has 0 heterocycles. The molecular formula is C14H20ClN. The lowest BCUT2D eigenvalue weighted by atomic mass is 9.95. The molecule has 1 unspecified atom stereocenters. The van der Waals surface area contributed by atoms with Gasteiger partial charge < -0.3 is 5.32 Å². The molecule has 0 radical (unpaired) electrons. The zero-order valence-electron chi connectivity index (χ0n) is 10.3. The topological polar surface area (TPSA) is 12.0 Å². The molecule has 0 saturated heterocycles. The third-order valence-corrected chi connectivity index (χ3v) is 3.44. The Morgan fingerprint density at radius 1 is 1.50 bits per heavy atom. The molecule has 1 aromatic rings. The lowest BCUT2D eigenvalue weighted by Gasteiger charge is -2.20. The molecule has 1 nitrogen and oxygen atoms in total. The van der Waals surface area contributed by atoms with Crippen LogP contribution in [0, 0.1) is 6.92 Å². The number of hydrogen-bond donors (Lipinski definition) is 1. The number of halogens is 1. The van der Waals surface area contributed by atoms with Crippen LogP contribution in [0.25, 0.3) is 0 Å². The lowest BCUT2D eigenvalue weighted by molar-refractivity contribution is 0.580. The quantitative estimate of drug-likeness (QED) is 0.755. The maximum atomic E-state index is 6.14. The van der Waals surface area contributed by atoms with Gasteiger partial charge in [0.2, 0.25) is 0 Å². The highest BCUT2D eigenvalue weighted by molar-refractivity contribution is 6.31. The summed E-state index contributed by atoms with van der Waals surface area (Å²) in [5.74, 6) is 0. The normalized spacial score (nSPS) is 12.5. The highest BCUT2D eigenvalue weighted by Crippen LogP contribution is 2.28. The molecule has 1 aromatic carbocycles. The Bertz CT molecular complexity index is 371. The second-order valence-corrected chi connectivity index (χ2v) is 4.51. The molecule has 0 saturated carbocycles. The van der Waals surface area contributed by atoms with Crippen LogP contribution in [0.4, 0.5) is 0 Å². The molecule has 0 fully saturated rings. The van der Waals surface area contributed by atoms with Crippen molar-refractivity contribution in [2.24, 2.45) is 0 Å². The first-order chi connectivity index (χ1) is 7.60. The van der Waals surface area contributed by atoms with E-state index in [0.717, 1.165) is 23.4 Å². The number of hydrogen-bond acceptors (Lipinski definition) is 1. The third kappa shape index (κ3) is 3.10. The SMILES string of the molecule is C=C(CC)CC(NC)c1cccc(Cl)c1C. The van der Waals surface area contributed by atoms with Gasteiger partial charge in [0.1, 0.15) is 0 Å². The van der Waals surface area contributed by atoms with E-state index in [1.165, 1.54) is 11.1 Å². The first-order valence-corrected chi connectivity index (χ1v) is 6.06. The lowest BCUT2D eigenvalue weighted by Crippen LogP contribution is -2.18. The fourth-order valence-corrected chi connectivity index (χ4v) is 1.98. The van der Waals surface area contributed by atoms with Crippen LogP contribution in [0.3, 0.4) is 0 Å². The summed E-state index contributed by atoms with van der Waals surface area (Å²) in [5.41, 5.74) is 3.69. The van der Waals surface area contributed by atoms with E-state index in [9.17, 15) is 0 Å². The fraction of sp³-hybridized carbons (Fsp3) is 0.429. The number of rotatable bonds is 5. The van der Waals surface area contributed by atoms with Crippen LogP contribution in [-0.2, 0) is 0 Å². The summed E-state index contributed by atoms with van der Waals surface area (Å²) in [6.07, 6.45) is 1.99. The van der Waals surface area contributed by atoms with Crippen molar-refractivity contribution in [3.05, 3.63) is 46.5 Å². The summed E-state index contributed by atoms with van der Waals surface area (Å²) in [4.78, 5) is 0. The Morgan fingerprint density at radius 3 is 2.75 bits per heavy atom. The summed E-state index contributed by atoms with van der Waals surface area (Å²) in [5, 5.41) is 4.17. The average Bonchev–Trinajstić information content (AvgIpc) is 2.29. The molecule has 0 bridgehead atoms. The number of benzene rings is 1. The molecule has 0 spiro atoms. The Balaban J connectivity index is 2.95. The highest BCUT2D eigenvalue weighted by atomic mass is 35.5. The van der Waals surface area contributed by atoms with Gasteiger partial charge in [-0.25, -0.2) is 0 Å². The van der Waals surface area contributed by atoms with Gasteiger partial charge in [-0.15, -0.1) is 0 Å². The average molecular weight is 238 g/mol. The molecule has 0 aromatic heterocycles. The van der Waals surface area contributed by atoms with Crippen LogP contribution in [-0.4, -0.2) is 7.05 Å². The van der Waals surface area contributed by atoms with E-state index in [-0.39, 0.29) is 0 Å². The van der Waals surface area contributed by atoms with Gasteiger partial charge in [0.25, 0.3) is 0 Å². The Morgan fingerprint density at radius 2 is 2.19 bits per heavy atom. The van der Waals surface area contributed by atoms with Gasteiger partial charge in [-0.05, 0) is 44.0 Å². The molecule has 1 N–H and O–H groups in total. The van der Waals surface area contributed by atoms with E-state index >= 15 is 0 Å².